The van der Waals surface area contributed by atoms with E-state index in [2.05, 4.69) is 20.1 Å². The van der Waals surface area contributed by atoms with Gasteiger partial charge in [-0.05, 0) is 22.4 Å². The standard InChI is InChI=1S/C9H11N5O2S2/c10-14-9-11-4-8(5-12-9)18(15,16)13-3-7-1-2-17-6-7/h1-2,4-6,13H,3,10H2,(H,11,12,14). The number of nitrogen functional groups attached to an aromatic ring is 1. The summed E-state index contributed by atoms with van der Waals surface area (Å²) in [6.45, 7) is 0.239. The van der Waals surface area contributed by atoms with Gasteiger partial charge < -0.3 is 0 Å². The van der Waals surface area contributed by atoms with E-state index < -0.39 is 10.0 Å². The molecule has 0 radical (unpaired) electrons. The Kier molecular flexibility index (Phi) is 3.87. The van der Waals surface area contributed by atoms with Crippen LogP contribution in [0.1, 0.15) is 5.56 Å². The van der Waals surface area contributed by atoms with Crippen molar-refractivity contribution in [2.75, 3.05) is 5.43 Å². The zero-order chi connectivity index (χ0) is 13.0. The number of rotatable bonds is 5. The monoisotopic (exact) mass is 285 g/mol. The smallest absolute Gasteiger partial charge is 0.243 e. The van der Waals surface area contributed by atoms with Crippen molar-refractivity contribution in [3.63, 3.8) is 0 Å². The molecule has 0 atom stereocenters. The highest BCUT2D eigenvalue weighted by Gasteiger charge is 2.14. The first-order valence-electron chi connectivity index (χ1n) is 4.91. The molecule has 2 aromatic heterocycles. The van der Waals surface area contributed by atoms with Crippen molar-refractivity contribution in [1.82, 2.24) is 14.7 Å². The Morgan fingerprint density at radius 1 is 1.33 bits per heavy atom. The maximum atomic E-state index is 11.9. The minimum atomic E-state index is -3.60. The Bertz CT molecular complexity index is 594. The van der Waals surface area contributed by atoms with Gasteiger partial charge in [0.1, 0.15) is 4.90 Å². The van der Waals surface area contributed by atoms with E-state index in [1.165, 1.54) is 23.7 Å². The summed E-state index contributed by atoms with van der Waals surface area (Å²) in [5.74, 6) is 5.25. The summed E-state index contributed by atoms with van der Waals surface area (Å²) in [5, 5.41) is 3.76. The van der Waals surface area contributed by atoms with Gasteiger partial charge in [-0.2, -0.15) is 11.3 Å². The lowest BCUT2D eigenvalue weighted by molar-refractivity contribution is 0.580. The largest absolute Gasteiger partial charge is 0.292 e. The minimum Gasteiger partial charge on any atom is -0.292 e. The van der Waals surface area contributed by atoms with E-state index in [0.29, 0.717) is 0 Å². The van der Waals surface area contributed by atoms with Gasteiger partial charge in [0.2, 0.25) is 16.0 Å². The van der Waals surface area contributed by atoms with Crippen LogP contribution in [0.3, 0.4) is 0 Å². The van der Waals surface area contributed by atoms with Crippen molar-refractivity contribution in [2.24, 2.45) is 5.84 Å². The summed E-state index contributed by atoms with van der Waals surface area (Å²) in [6, 6.07) is 1.85. The zero-order valence-corrected chi connectivity index (χ0v) is 10.8. The number of thiophene rings is 1. The normalized spacial score (nSPS) is 11.4. The van der Waals surface area contributed by atoms with Crippen LogP contribution < -0.4 is 16.0 Å². The molecule has 0 aliphatic rings. The van der Waals surface area contributed by atoms with Crippen LogP contribution in [0, 0.1) is 0 Å². The summed E-state index contributed by atoms with van der Waals surface area (Å²) in [7, 11) is -3.60. The lowest BCUT2D eigenvalue weighted by Gasteiger charge is -2.05. The molecule has 0 saturated heterocycles. The van der Waals surface area contributed by atoms with Crippen LogP contribution in [-0.2, 0) is 16.6 Å². The average Bonchev–Trinajstić information content (AvgIpc) is 2.90. The Labute approximate surface area is 108 Å². The van der Waals surface area contributed by atoms with Crippen molar-refractivity contribution in [1.29, 1.82) is 0 Å². The number of nitrogens with zero attached hydrogens (tertiary/aromatic N) is 2. The number of hydrogen-bond donors (Lipinski definition) is 3. The van der Waals surface area contributed by atoms with Gasteiger partial charge in [-0.3, -0.25) is 5.43 Å². The number of aromatic nitrogens is 2. The minimum absolute atomic E-state index is 0.00303. The van der Waals surface area contributed by atoms with Crippen molar-refractivity contribution < 1.29 is 8.42 Å². The fourth-order valence-corrected chi connectivity index (χ4v) is 2.76. The molecule has 4 N–H and O–H groups in total. The summed E-state index contributed by atoms with van der Waals surface area (Å²) in [4.78, 5) is 7.49. The molecule has 0 aliphatic heterocycles. The number of nitrogens with one attached hydrogen (secondary N) is 2. The summed E-state index contributed by atoms with van der Waals surface area (Å²) < 4.78 is 26.2. The van der Waals surface area contributed by atoms with Gasteiger partial charge in [0.05, 0.1) is 12.4 Å². The second-order valence-corrected chi connectivity index (χ2v) is 5.89. The van der Waals surface area contributed by atoms with Gasteiger partial charge >= 0.3 is 0 Å². The molecule has 9 heteroatoms. The fraction of sp³-hybridized carbons (Fsp3) is 0.111. The molecule has 18 heavy (non-hydrogen) atoms. The summed E-state index contributed by atoms with van der Waals surface area (Å²) in [6.07, 6.45) is 2.39. The SMILES string of the molecule is NNc1ncc(S(=O)(=O)NCc2ccsc2)cn1. The van der Waals surface area contributed by atoms with E-state index in [-0.39, 0.29) is 17.4 Å². The molecule has 7 nitrogen and oxygen atoms in total. The van der Waals surface area contributed by atoms with Crippen LogP contribution in [0.5, 0.6) is 0 Å². The predicted molar refractivity (Wildman–Crippen MR) is 68.2 cm³/mol. The molecular formula is C9H11N5O2S2. The van der Waals surface area contributed by atoms with Gasteiger partial charge in [-0.25, -0.2) is 29.0 Å². The topological polar surface area (TPSA) is 110 Å². The van der Waals surface area contributed by atoms with Gasteiger partial charge in [0.15, 0.2) is 0 Å². The molecule has 0 unspecified atom stereocenters. The lowest BCUT2D eigenvalue weighted by Crippen LogP contribution is -2.23. The Hall–Kier alpha value is -1.55. The first-order valence-corrected chi connectivity index (χ1v) is 7.34. The van der Waals surface area contributed by atoms with Crippen LogP contribution in [0.25, 0.3) is 0 Å². The molecule has 2 heterocycles. The highest BCUT2D eigenvalue weighted by atomic mass is 32.2. The van der Waals surface area contributed by atoms with E-state index in [1.54, 1.807) is 0 Å². The van der Waals surface area contributed by atoms with Gasteiger partial charge in [-0.15, -0.1) is 0 Å². The summed E-state index contributed by atoms with van der Waals surface area (Å²) >= 11 is 1.51. The fourth-order valence-electron chi connectivity index (χ4n) is 1.18. The molecule has 2 rings (SSSR count). The number of hydrazine groups is 1. The Morgan fingerprint density at radius 3 is 2.61 bits per heavy atom. The molecule has 0 bridgehead atoms. The Morgan fingerprint density at radius 2 is 2.06 bits per heavy atom. The first kappa shape index (κ1) is 12.9. The highest BCUT2D eigenvalue weighted by molar-refractivity contribution is 7.89. The molecular weight excluding hydrogens is 274 g/mol. The van der Waals surface area contributed by atoms with E-state index >= 15 is 0 Å². The molecule has 0 amide bonds. The molecule has 0 aromatic carbocycles. The lowest BCUT2D eigenvalue weighted by atomic mass is 10.4. The third-order valence-electron chi connectivity index (χ3n) is 2.11. The van der Waals surface area contributed by atoms with Gasteiger partial charge in [0.25, 0.3) is 0 Å². The molecule has 0 spiro atoms. The molecule has 0 fully saturated rings. The second-order valence-electron chi connectivity index (χ2n) is 3.34. The Balaban J connectivity index is 2.09. The third kappa shape index (κ3) is 3.01. The maximum absolute atomic E-state index is 11.9. The quantitative estimate of drug-likeness (QED) is 0.538. The number of anilines is 1. The van der Waals surface area contributed by atoms with Crippen LogP contribution in [0.2, 0.25) is 0 Å². The highest BCUT2D eigenvalue weighted by Crippen LogP contribution is 2.10. The van der Waals surface area contributed by atoms with Crippen molar-refractivity contribution in [2.45, 2.75) is 11.4 Å². The maximum Gasteiger partial charge on any atom is 0.243 e. The number of sulfonamides is 1. The summed E-state index contributed by atoms with van der Waals surface area (Å²) in [5.41, 5.74) is 3.13. The van der Waals surface area contributed by atoms with E-state index in [4.69, 9.17) is 5.84 Å². The van der Waals surface area contributed by atoms with Crippen molar-refractivity contribution in [3.8, 4) is 0 Å². The van der Waals surface area contributed by atoms with Crippen LogP contribution in [0.15, 0.2) is 34.1 Å². The predicted octanol–water partition coefficient (Wildman–Crippen LogP) is 0.302. The number of nitrogens with two attached hydrogens (primary N) is 1. The molecule has 0 aliphatic carbocycles. The first-order chi connectivity index (χ1) is 8.62. The van der Waals surface area contributed by atoms with Crippen molar-refractivity contribution in [3.05, 3.63) is 34.8 Å². The van der Waals surface area contributed by atoms with Gasteiger partial charge in [-0.1, -0.05) is 0 Å². The van der Waals surface area contributed by atoms with E-state index in [1.807, 2.05) is 16.8 Å². The average molecular weight is 285 g/mol. The number of hydrogen-bond acceptors (Lipinski definition) is 7. The van der Waals surface area contributed by atoms with Crippen LogP contribution in [-0.4, -0.2) is 18.4 Å². The molecule has 2 aromatic rings. The molecule has 0 saturated carbocycles. The van der Waals surface area contributed by atoms with Crippen molar-refractivity contribution >= 4 is 27.3 Å². The molecule has 96 valence electrons. The van der Waals surface area contributed by atoms with Crippen LogP contribution >= 0.6 is 11.3 Å². The third-order valence-corrected chi connectivity index (χ3v) is 4.20. The second kappa shape index (κ2) is 5.40. The van der Waals surface area contributed by atoms with E-state index in [9.17, 15) is 8.42 Å². The van der Waals surface area contributed by atoms with E-state index in [0.717, 1.165) is 5.56 Å². The van der Waals surface area contributed by atoms with Gasteiger partial charge in [0, 0.05) is 6.54 Å². The van der Waals surface area contributed by atoms with Crippen LogP contribution in [0.4, 0.5) is 5.95 Å². The zero-order valence-electron chi connectivity index (χ0n) is 9.20.